The highest BCUT2D eigenvalue weighted by Gasteiger charge is 2.67. The van der Waals surface area contributed by atoms with Crippen LogP contribution in [0, 0.1) is 17.8 Å². The van der Waals surface area contributed by atoms with Gasteiger partial charge in [0.25, 0.3) is 5.79 Å². The van der Waals surface area contributed by atoms with Crippen LogP contribution in [-0.2, 0) is 28.6 Å². The van der Waals surface area contributed by atoms with Gasteiger partial charge in [0, 0.05) is 32.6 Å². The van der Waals surface area contributed by atoms with Gasteiger partial charge in [0.05, 0.1) is 0 Å². The summed E-state index contributed by atoms with van der Waals surface area (Å²) in [6, 6.07) is 0. The van der Waals surface area contributed by atoms with E-state index in [2.05, 4.69) is 0 Å². The molecule has 0 N–H and O–H groups in total. The van der Waals surface area contributed by atoms with Crippen molar-refractivity contribution in [3.8, 4) is 0 Å². The van der Waals surface area contributed by atoms with Crippen LogP contribution in [0.1, 0.15) is 52.9 Å². The molecular formula is C16H22O6. The first kappa shape index (κ1) is 15.3. The lowest BCUT2D eigenvalue weighted by Gasteiger charge is -2.61. The molecule has 0 spiro atoms. The van der Waals surface area contributed by atoms with E-state index in [1.807, 2.05) is 0 Å². The van der Waals surface area contributed by atoms with Gasteiger partial charge in [0.2, 0.25) is 0 Å². The Hall–Kier alpha value is -1.59. The molecule has 4 aliphatic rings. The number of hydrogen-bond donors (Lipinski definition) is 0. The van der Waals surface area contributed by atoms with Crippen LogP contribution in [0.5, 0.6) is 0 Å². The van der Waals surface area contributed by atoms with Crippen molar-refractivity contribution >= 4 is 17.9 Å². The van der Waals surface area contributed by atoms with Crippen LogP contribution in [0.15, 0.2) is 0 Å². The molecule has 0 amide bonds. The second kappa shape index (κ2) is 4.96. The summed E-state index contributed by atoms with van der Waals surface area (Å²) in [6.07, 6.45) is 3.69. The number of rotatable bonds is 3. The Morgan fingerprint density at radius 2 is 1.23 bits per heavy atom. The van der Waals surface area contributed by atoms with E-state index in [0.29, 0.717) is 18.8 Å². The number of esters is 3. The SMILES string of the molecule is CC(=O)OC12CC3CC(C1)C(OC(C)=O)(OC(C)=O)C(C3)C2. The van der Waals surface area contributed by atoms with Gasteiger partial charge in [-0.2, -0.15) is 0 Å². The minimum absolute atomic E-state index is 0.106. The van der Waals surface area contributed by atoms with E-state index >= 15 is 0 Å². The predicted octanol–water partition coefficient (Wildman–Crippen LogP) is 1.95. The van der Waals surface area contributed by atoms with E-state index < -0.39 is 23.3 Å². The minimum atomic E-state index is -1.18. The minimum Gasteiger partial charge on any atom is -0.459 e. The van der Waals surface area contributed by atoms with Gasteiger partial charge in [-0.05, 0) is 38.0 Å². The monoisotopic (exact) mass is 310 g/mol. The quantitative estimate of drug-likeness (QED) is 0.585. The van der Waals surface area contributed by atoms with E-state index in [1.165, 1.54) is 20.8 Å². The summed E-state index contributed by atoms with van der Waals surface area (Å²) in [7, 11) is 0. The van der Waals surface area contributed by atoms with Gasteiger partial charge in [0.1, 0.15) is 5.60 Å². The van der Waals surface area contributed by atoms with E-state index in [9.17, 15) is 14.4 Å². The lowest BCUT2D eigenvalue weighted by atomic mass is 9.51. The number of carbonyl (C=O) groups is 3. The Morgan fingerprint density at radius 1 is 0.773 bits per heavy atom. The molecule has 0 saturated heterocycles. The van der Waals surface area contributed by atoms with Crippen LogP contribution < -0.4 is 0 Å². The summed E-state index contributed by atoms with van der Waals surface area (Å²) in [4.78, 5) is 34.6. The molecule has 0 aliphatic heterocycles. The Kier molecular flexibility index (Phi) is 3.45. The highest BCUT2D eigenvalue weighted by atomic mass is 16.7. The molecule has 0 aromatic rings. The van der Waals surface area contributed by atoms with Crippen LogP contribution >= 0.6 is 0 Å². The molecule has 6 nitrogen and oxygen atoms in total. The maximum Gasteiger partial charge on any atom is 0.305 e. The van der Waals surface area contributed by atoms with Gasteiger partial charge in [-0.25, -0.2) is 0 Å². The fraction of sp³-hybridized carbons (Fsp3) is 0.812. The molecule has 2 unspecified atom stereocenters. The predicted molar refractivity (Wildman–Crippen MR) is 74.3 cm³/mol. The molecule has 4 aliphatic carbocycles. The van der Waals surface area contributed by atoms with Crippen molar-refractivity contribution in [3.63, 3.8) is 0 Å². The third-order valence-electron chi connectivity index (χ3n) is 5.24. The van der Waals surface area contributed by atoms with Crippen LogP contribution in [0.2, 0.25) is 0 Å². The molecular weight excluding hydrogens is 288 g/mol. The van der Waals surface area contributed by atoms with Crippen molar-refractivity contribution in [2.24, 2.45) is 17.8 Å². The highest BCUT2D eigenvalue weighted by Crippen LogP contribution is 2.62. The number of hydrogen-bond acceptors (Lipinski definition) is 6. The van der Waals surface area contributed by atoms with Crippen molar-refractivity contribution in [2.75, 3.05) is 0 Å². The zero-order valence-corrected chi connectivity index (χ0v) is 13.2. The maximum absolute atomic E-state index is 11.6. The molecule has 4 rings (SSSR count). The summed E-state index contributed by atoms with van der Waals surface area (Å²) < 4.78 is 16.7. The van der Waals surface area contributed by atoms with Crippen LogP contribution in [-0.4, -0.2) is 29.3 Å². The van der Waals surface area contributed by atoms with Crippen molar-refractivity contribution in [1.29, 1.82) is 0 Å². The Labute approximate surface area is 129 Å². The molecule has 122 valence electrons. The molecule has 2 atom stereocenters. The first-order valence-electron chi connectivity index (χ1n) is 7.83. The lowest BCUT2D eigenvalue weighted by Crippen LogP contribution is -2.67. The molecule has 0 radical (unpaired) electrons. The van der Waals surface area contributed by atoms with E-state index in [1.54, 1.807) is 0 Å². The van der Waals surface area contributed by atoms with E-state index in [4.69, 9.17) is 14.2 Å². The zero-order valence-electron chi connectivity index (χ0n) is 13.2. The van der Waals surface area contributed by atoms with E-state index in [-0.39, 0.29) is 17.8 Å². The standard InChI is InChI=1S/C16H22O6/c1-9(17)20-15-6-12-4-13(7-15)16(21-10(2)18,22-11(3)19)14(5-12)8-15/h12-14H,4-8H2,1-3H3. The fourth-order valence-electron chi connectivity index (χ4n) is 5.09. The second-order valence-corrected chi connectivity index (χ2v) is 7.03. The topological polar surface area (TPSA) is 78.9 Å². The first-order valence-corrected chi connectivity index (χ1v) is 7.83. The molecule has 0 aromatic heterocycles. The molecule has 22 heavy (non-hydrogen) atoms. The summed E-state index contributed by atoms with van der Waals surface area (Å²) >= 11 is 0. The Bertz CT molecular complexity index is 491. The lowest BCUT2D eigenvalue weighted by molar-refractivity contribution is -0.328. The average Bonchev–Trinajstić information content (AvgIpc) is 2.31. The molecule has 4 fully saturated rings. The van der Waals surface area contributed by atoms with Gasteiger partial charge in [-0.3, -0.25) is 14.4 Å². The molecule has 0 heterocycles. The first-order chi connectivity index (χ1) is 10.2. The summed E-state index contributed by atoms with van der Waals surface area (Å²) in [6.45, 7) is 4.08. The molecule has 4 bridgehead atoms. The van der Waals surface area contributed by atoms with Crippen LogP contribution in [0.3, 0.4) is 0 Å². The van der Waals surface area contributed by atoms with Crippen LogP contribution in [0.4, 0.5) is 0 Å². The number of carbonyl (C=O) groups excluding carboxylic acids is 3. The smallest absolute Gasteiger partial charge is 0.305 e. The van der Waals surface area contributed by atoms with Crippen molar-refractivity contribution < 1.29 is 28.6 Å². The van der Waals surface area contributed by atoms with Crippen molar-refractivity contribution in [3.05, 3.63) is 0 Å². The molecule has 6 heteroatoms. The number of ether oxygens (including phenoxy) is 3. The average molecular weight is 310 g/mol. The molecule has 0 aromatic carbocycles. The van der Waals surface area contributed by atoms with Gasteiger partial charge in [-0.15, -0.1) is 0 Å². The van der Waals surface area contributed by atoms with Crippen molar-refractivity contribution in [1.82, 2.24) is 0 Å². The third kappa shape index (κ3) is 2.38. The highest BCUT2D eigenvalue weighted by molar-refractivity contribution is 5.69. The third-order valence-corrected chi connectivity index (χ3v) is 5.24. The van der Waals surface area contributed by atoms with Crippen LogP contribution in [0.25, 0.3) is 0 Å². The summed E-state index contributed by atoms with van der Waals surface area (Å²) in [5, 5.41) is 0. The fourth-order valence-corrected chi connectivity index (χ4v) is 5.09. The van der Waals surface area contributed by atoms with Gasteiger partial charge in [-0.1, -0.05) is 0 Å². The normalized spacial score (nSPS) is 37.5. The maximum atomic E-state index is 11.6. The largest absolute Gasteiger partial charge is 0.459 e. The molecule has 4 saturated carbocycles. The van der Waals surface area contributed by atoms with Crippen molar-refractivity contribution in [2.45, 2.75) is 64.3 Å². The van der Waals surface area contributed by atoms with Gasteiger partial charge < -0.3 is 14.2 Å². The van der Waals surface area contributed by atoms with Gasteiger partial charge in [0.15, 0.2) is 0 Å². The Morgan fingerprint density at radius 3 is 1.64 bits per heavy atom. The van der Waals surface area contributed by atoms with E-state index in [0.717, 1.165) is 19.3 Å². The Balaban J connectivity index is 1.93. The summed E-state index contributed by atoms with van der Waals surface area (Å²) in [5.74, 6) is -2.15. The zero-order chi connectivity index (χ0) is 16.1. The summed E-state index contributed by atoms with van der Waals surface area (Å²) in [5.41, 5.74) is -0.480. The second-order valence-electron chi connectivity index (χ2n) is 7.03. The van der Waals surface area contributed by atoms with Gasteiger partial charge >= 0.3 is 17.9 Å².